The number of thioether (sulfide) groups is 1. The molecule has 2 rings (SSSR count). The van der Waals surface area contributed by atoms with Gasteiger partial charge in [0.15, 0.2) is 0 Å². The SMILES string of the molecule is NC(=S)C1(C(=O)NCC2CCCCS2)CCCCC1. The van der Waals surface area contributed by atoms with Crippen LogP contribution in [0.15, 0.2) is 0 Å². The summed E-state index contributed by atoms with van der Waals surface area (Å²) in [6, 6.07) is 0. The van der Waals surface area contributed by atoms with Crippen molar-refractivity contribution in [3.63, 3.8) is 0 Å². The van der Waals surface area contributed by atoms with E-state index in [1.165, 1.54) is 31.4 Å². The number of carbonyl (C=O) groups is 1. The Labute approximate surface area is 125 Å². The highest BCUT2D eigenvalue weighted by Gasteiger charge is 2.42. The molecule has 108 valence electrons. The molecular weight excluding hydrogens is 276 g/mol. The van der Waals surface area contributed by atoms with Gasteiger partial charge in [-0.3, -0.25) is 4.79 Å². The fourth-order valence-electron chi connectivity index (χ4n) is 3.08. The van der Waals surface area contributed by atoms with E-state index in [2.05, 4.69) is 5.32 Å². The van der Waals surface area contributed by atoms with Crippen LogP contribution in [0.2, 0.25) is 0 Å². The fourth-order valence-corrected chi connectivity index (χ4v) is 4.62. The van der Waals surface area contributed by atoms with Crippen LogP contribution in [0.1, 0.15) is 51.4 Å². The average molecular weight is 300 g/mol. The molecule has 1 unspecified atom stereocenters. The zero-order valence-electron chi connectivity index (χ0n) is 11.5. The molecule has 1 aliphatic heterocycles. The topological polar surface area (TPSA) is 55.1 Å². The molecule has 0 aromatic carbocycles. The third kappa shape index (κ3) is 3.63. The van der Waals surface area contributed by atoms with E-state index in [4.69, 9.17) is 18.0 Å². The average Bonchev–Trinajstić information content (AvgIpc) is 2.46. The number of thiocarbonyl (C=S) groups is 1. The Morgan fingerprint density at radius 1 is 1.26 bits per heavy atom. The summed E-state index contributed by atoms with van der Waals surface area (Å²) < 4.78 is 0. The van der Waals surface area contributed by atoms with E-state index in [9.17, 15) is 4.79 Å². The predicted octanol–water partition coefficient (Wildman–Crippen LogP) is 2.62. The lowest BCUT2D eigenvalue weighted by Gasteiger charge is -2.35. The van der Waals surface area contributed by atoms with E-state index in [1.54, 1.807) is 0 Å². The van der Waals surface area contributed by atoms with Gasteiger partial charge in [-0.1, -0.05) is 37.9 Å². The summed E-state index contributed by atoms with van der Waals surface area (Å²) in [6.45, 7) is 0.772. The summed E-state index contributed by atoms with van der Waals surface area (Å²) in [6.07, 6.45) is 8.77. The Bertz CT molecular complexity index is 334. The first-order valence-corrected chi connectivity index (χ1v) is 8.81. The zero-order valence-corrected chi connectivity index (χ0v) is 13.1. The van der Waals surface area contributed by atoms with Gasteiger partial charge in [0.05, 0.1) is 10.4 Å². The molecule has 0 bridgehead atoms. The van der Waals surface area contributed by atoms with Crippen LogP contribution in [0.25, 0.3) is 0 Å². The molecule has 1 aliphatic carbocycles. The third-order valence-electron chi connectivity index (χ3n) is 4.38. The normalized spacial score (nSPS) is 26.6. The smallest absolute Gasteiger partial charge is 0.233 e. The van der Waals surface area contributed by atoms with Crippen LogP contribution in [0, 0.1) is 5.41 Å². The quantitative estimate of drug-likeness (QED) is 0.784. The Hall–Kier alpha value is -0.290. The molecule has 1 saturated heterocycles. The van der Waals surface area contributed by atoms with Crippen LogP contribution >= 0.6 is 24.0 Å². The standard InChI is InChI=1S/C14H24N2OS2/c15-12(18)14(7-3-1-4-8-14)13(17)16-10-11-6-2-5-9-19-11/h11H,1-10H2,(H2,15,18)(H,16,17). The van der Waals surface area contributed by atoms with Gasteiger partial charge in [0.25, 0.3) is 0 Å². The molecule has 0 spiro atoms. The lowest BCUT2D eigenvalue weighted by atomic mass is 9.73. The molecule has 1 amide bonds. The third-order valence-corrected chi connectivity index (χ3v) is 6.17. The Balaban J connectivity index is 1.90. The van der Waals surface area contributed by atoms with Gasteiger partial charge < -0.3 is 11.1 Å². The number of carbonyl (C=O) groups excluding carboxylic acids is 1. The van der Waals surface area contributed by atoms with Crippen LogP contribution in [0.5, 0.6) is 0 Å². The van der Waals surface area contributed by atoms with Crippen LogP contribution < -0.4 is 11.1 Å². The maximum absolute atomic E-state index is 12.5. The van der Waals surface area contributed by atoms with Crippen molar-refractivity contribution in [2.24, 2.45) is 11.1 Å². The highest BCUT2D eigenvalue weighted by molar-refractivity contribution is 7.99. The first-order chi connectivity index (χ1) is 9.15. The van der Waals surface area contributed by atoms with Crippen molar-refractivity contribution in [1.29, 1.82) is 0 Å². The molecule has 3 nitrogen and oxygen atoms in total. The molecule has 3 N–H and O–H groups in total. The maximum atomic E-state index is 12.5. The van der Waals surface area contributed by atoms with Gasteiger partial charge in [-0.15, -0.1) is 0 Å². The van der Waals surface area contributed by atoms with Crippen molar-refractivity contribution in [3.05, 3.63) is 0 Å². The van der Waals surface area contributed by atoms with Crippen molar-refractivity contribution in [2.45, 2.75) is 56.6 Å². The summed E-state index contributed by atoms with van der Waals surface area (Å²) >= 11 is 7.17. The van der Waals surface area contributed by atoms with Gasteiger partial charge in [-0.05, 0) is 31.4 Å². The second-order valence-corrected chi connectivity index (χ2v) is 7.55. The van der Waals surface area contributed by atoms with Gasteiger partial charge in [-0.2, -0.15) is 11.8 Å². The first-order valence-electron chi connectivity index (χ1n) is 7.35. The molecule has 0 radical (unpaired) electrons. The second-order valence-electron chi connectivity index (χ2n) is 5.71. The number of nitrogens with two attached hydrogens (primary N) is 1. The van der Waals surface area contributed by atoms with Gasteiger partial charge in [-0.25, -0.2) is 0 Å². The van der Waals surface area contributed by atoms with E-state index in [0.717, 1.165) is 32.2 Å². The summed E-state index contributed by atoms with van der Waals surface area (Å²) in [7, 11) is 0. The lowest BCUT2D eigenvalue weighted by molar-refractivity contribution is -0.128. The molecule has 2 aliphatic rings. The van der Waals surface area contributed by atoms with E-state index in [0.29, 0.717) is 10.2 Å². The van der Waals surface area contributed by atoms with Gasteiger partial charge >= 0.3 is 0 Å². The van der Waals surface area contributed by atoms with Gasteiger partial charge in [0, 0.05) is 11.8 Å². The molecule has 19 heavy (non-hydrogen) atoms. The van der Waals surface area contributed by atoms with Crippen molar-refractivity contribution >= 4 is 34.9 Å². The molecule has 1 atom stereocenters. The molecule has 0 aromatic heterocycles. The number of hydrogen-bond acceptors (Lipinski definition) is 3. The van der Waals surface area contributed by atoms with Crippen LogP contribution in [-0.4, -0.2) is 28.4 Å². The molecule has 1 heterocycles. The number of nitrogens with one attached hydrogen (secondary N) is 1. The lowest BCUT2D eigenvalue weighted by Crippen LogP contribution is -2.51. The minimum absolute atomic E-state index is 0.0749. The van der Waals surface area contributed by atoms with Crippen LogP contribution in [0.4, 0.5) is 0 Å². The predicted molar refractivity (Wildman–Crippen MR) is 85.4 cm³/mol. The van der Waals surface area contributed by atoms with E-state index in [-0.39, 0.29) is 5.91 Å². The van der Waals surface area contributed by atoms with Crippen molar-refractivity contribution in [1.82, 2.24) is 5.32 Å². The van der Waals surface area contributed by atoms with Crippen molar-refractivity contribution in [2.75, 3.05) is 12.3 Å². The Morgan fingerprint density at radius 2 is 2.00 bits per heavy atom. The van der Waals surface area contributed by atoms with Crippen LogP contribution in [0.3, 0.4) is 0 Å². The minimum Gasteiger partial charge on any atom is -0.392 e. The van der Waals surface area contributed by atoms with Crippen molar-refractivity contribution in [3.8, 4) is 0 Å². The number of hydrogen-bond donors (Lipinski definition) is 2. The minimum atomic E-state index is -0.563. The highest BCUT2D eigenvalue weighted by Crippen LogP contribution is 2.37. The summed E-state index contributed by atoms with van der Waals surface area (Å²) in [5, 5.41) is 3.69. The summed E-state index contributed by atoms with van der Waals surface area (Å²) in [4.78, 5) is 12.9. The zero-order chi connectivity index (χ0) is 13.7. The number of rotatable bonds is 4. The molecule has 1 saturated carbocycles. The van der Waals surface area contributed by atoms with Crippen molar-refractivity contribution < 1.29 is 4.79 Å². The van der Waals surface area contributed by atoms with Gasteiger partial charge in [0.1, 0.15) is 0 Å². The Kier molecular flexibility index (Phi) is 5.51. The van der Waals surface area contributed by atoms with Crippen LogP contribution in [-0.2, 0) is 4.79 Å². The Morgan fingerprint density at radius 3 is 2.58 bits per heavy atom. The largest absolute Gasteiger partial charge is 0.392 e. The maximum Gasteiger partial charge on any atom is 0.233 e. The monoisotopic (exact) mass is 300 g/mol. The highest BCUT2D eigenvalue weighted by atomic mass is 32.2. The number of amides is 1. The molecular formula is C14H24N2OS2. The van der Waals surface area contributed by atoms with E-state index < -0.39 is 5.41 Å². The fraction of sp³-hybridized carbons (Fsp3) is 0.857. The van der Waals surface area contributed by atoms with E-state index >= 15 is 0 Å². The first kappa shape index (κ1) is 15.1. The molecule has 5 heteroatoms. The van der Waals surface area contributed by atoms with E-state index in [1.807, 2.05) is 11.8 Å². The summed E-state index contributed by atoms with van der Waals surface area (Å²) in [5.41, 5.74) is 5.31. The molecule has 2 fully saturated rings. The molecule has 0 aromatic rings. The second kappa shape index (κ2) is 6.93. The summed E-state index contributed by atoms with van der Waals surface area (Å²) in [5.74, 6) is 1.30. The van der Waals surface area contributed by atoms with Gasteiger partial charge in [0.2, 0.25) is 5.91 Å².